The number of aliphatic carboxylic acids is 1. The first-order chi connectivity index (χ1) is 13.6. The molecule has 6 nitrogen and oxygen atoms in total. The molecule has 2 aromatic rings. The summed E-state index contributed by atoms with van der Waals surface area (Å²) in [6, 6.07) is 13.2. The molecule has 0 radical (unpaired) electrons. The Morgan fingerprint density at radius 3 is 2.36 bits per heavy atom. The van der Waals surface area contributed by atoms with Crippen molar-refractivity contribution >= 4 is 5.97 Å². The van der Waals surface area contributed by atoms with Crippen molar-refractivity contribution in [3.63, 3.8) is 0 Å². The van der Waals surface area contributed by atoms with E-state index in [4.69, 9.17) is 14.2 Å². The lowest BCUT2D eigenvalue weighted by atomic mass is 10.0. The highest BCUT2D eigenvalue weighted by Crippen LogP contribution is 2.39. The molecular weight excluding hydrogens is 358 g/mol. The lowest BCUT2D eigenvalue weighted by Crippen LogP contribution is -2.44. The number of hydrogen-bond donors (Lipinski definition) is 1. The maximum Gasteiger partial charge on any atom is 0.320 e. The fraction of sp³-hybridized carbons (Fsp3) is 0.409. The van der Waals surface area contributed by atoms with Crippen LogP contribution in [0.3, 0.4) is 0 Å². The normalized spacial score (nSPS) is 17.1. The Morgan fingerprint density at radius 2 is 1.75 bits per heavy atom. The van der Waals surface area contributed by atoms with E-state index in [9.17, 15) is 9.90 Å². The smallest absolute Gasteiger partial charge is 0.320 e. The monoisotopic (exact) mass is 385 g/mol. The zero-order chi connectivity index (χ0) is 19.9. The average molecular weight is 385 g/mol. The van der Waals surface area contributed by atoms with E-state index < -0.39 is 12.0 Å². The van der Waals surface area contributed by atoms with E-state index in [1.165, 1.54) is 0 Å². The predicted octanol–water partition coefficient (Wildman–Crippen LogP) is 3.72. The summed E-state index contributed by atoms with van der Waals surface area (Å²) in [7, 11) is 3.18. The Morgan fingerprint density at radius 1 is 1.07 bits per heavy atom. The molecule has 1 N–H and O–H groups in total. The average Bonchev–Trinajstić information content (AvgIpc) is 2.73. The summed E-state index contributed by atoms with van der Waals surface area (Å²) in [5.74, 6) is 0.941. The summed E-state index contributed by atoms with van der Waals surface area (Å²) < 4.78 is 17.1. The van der Waals surface area contributed by atoms with Gasteiger partial charge in [-0.1, -0.05) is 36.8 Å². The molecule has 1 heterocycles. The van der Waals surface area contributed by atoms with Gasteiger partial charge in [-0.15, -0.1) is 0 Å². The van der Waals surface area contributed by atoms with Crippen LogP contribution < -0.4 is 14.2 Å². The summed E-state index contributed by atoms with van der Waals surface area (Å²) in [5.41, 5.74) is 1.99. The number of nitrogens with zero attached hydrogens (tertiary/aromatic N) is 1. The summed E-state index contributed by atoms with van der Waals surface area (Å²) in [5, 5.41) is 9.50. The van der Waals surface area contributed by atoms with Crippen LogP contribution in [0.15, 0.2) is 42.5 Å². The van der Waals surface area contributed by atoms with Crippen LogP contribution in [0.5, 0.6) is 17.2 Å². The number of hydrogen-bond acceptors (Lipinski definition) is 5. The van der Waals surface area contributed by atoms with E-state index in [2.05, 4.69) is 0 Å². The van der Waals surface area contributed by atoms with Gasteiger partial charge in [0, 0.05) is 6.54 Å². The minimum Gasteiger partial charge on any atom is -0.493 e. The predicted molar refractivity (Wildman–Crippen MR) is 106 cm³/mol. The number of rotatable bonds is 8. The lowest BCUT2D eigenvalue weighted by Gasteiger charge is -2.33. The molecule has 0 aliphatic carbocycles. The van der Waals surface area contributed by atoms with Crippen molar-refractivity contribution in [3.05, 3.63) is 53.6 Å². The van der Waals surface area contributed by atoms with Gasteiger partial charge in [0.15, 0.2) is 11.5 Å². The van der Waals surface area contributed by atoms with Gasteiger partial charge in [0.25, 0.3) is 0 Å². The topological polar surface area (TPSA) is 68.2 Å². The quantitative estimate of drug-likeness (QED) is 0.747. The number of carboxylic acids is 1. The largest absolute Gasteiger partial charge is 0.493 e. The maximum absolute atomic E-state index is 11.6. The zero-order valence-corrected chi connectivity index (χ0v) is 16.4. The Labute approximate surface area is 165 Å². The molecule has 0 spiro atoms. The molecular formula is C22H27NO5. The van der Waals surface area contributed by atoms with Crippen LogP contribution in [0.25, 0.3) is 0 Å². The van der Waals surface area contributed by atoms with Gasteiger partial charge >= 0.3 is 5.97 Å². The van der Waals surface area contributed by atoms with Crippen LogP contribution in [-0.4, -0.2) is 42.8 Å². The third-order valence-corrected chi connectivity index (χ3v) is 5.03. The Kier molecular flexibility index (Phi) is 6.76. The van der Waals surface area contributed by atoms with Crippen LogP contribution in [0, 0.1) is 0 Å². The molecule has 0 amide bonds. The third-order valence-electron chi connectivity index (χ3n) is 5.03. The number of carboxylic acid groups (broad SMARTS) is 1. The second-order valence-electron chi connectivity index (χ2n) is 6.92. The Balaban J connectivity index is 1.80. The fourth-order valence-corrected chi connectivity index (χ4v) is 3.59. The first kappa shape index (κ1) is 20.0. The standard InChI is InChI=1S/C22H27NO5/c1-26-19-12-17(14-23-11-7-6-10-18(23)22(24)25)13-20(27-2)21(19)28-15-16-8-4-3-5-9-16/h3-5,8-9,12-13,18H,6-7,10-11,14-15H2,1-2H3,(H,24,25). The van der Waals surface area contributed by atoms with Crippen molar-refractivity contribution < 1.29 is 24.1 Å². The van der Waals surface area contributed by atoms with Gasteiger partial charge in [-0.05, 0) is 42.6 Å². The number of ether oxygens (including phenoxy) is 3. The Bertz CT molecular complexity index is 768. The van der Waals surface area contributed by atoms with Gasteiger partial charge in [0.2, 0.25) is 5.75 Å². The SMILES string of the molecule is COc1cc(CN2CCCCC2C(=O)O)cc(OC)c1OCc1ccccc1. The molecule has 0 saturated carbocycles. The molecule has 2 aromatic carbocycles. The van der Waals surface area contributed by atoms with Crippen LogP contribution >= 0.6 is 0 Å². The van der Waals surface area contributed by atoms with E-state index >= 15 is 0 Å². The molecule has 1 unspecified atom stereocenters. The number of likely N-dealkylation sites (tertiary alicyclic amines) is 1. The molecule has 3 rings (SSSR count). The van der Waals surface area contributed by atoms with E-state index in [0.717, 1.165) is 30.5 Å². The van der Waals surface area contributed by atoms with Gasteiger partial charge in [-0.3, -0.25) is 9.69 Å². The van der Waals surface area contributed by atoms with Crippen LogP contribution in [0.1, 0.15) is 30.4 Å². The van der Waals surface area contributed by atoms with Gasteiger partial charge < -0.3 is 19.3 Å². The third kappa shape index (κ3) is 4.75. The van der Waals surface area contributed by atoms with Crippen LogP contribution in [0.4, 0.5) is 0 Å². The zero-order valence-electron chi connectivity index (χ0n) is 16.4. The van der Waals surface area contributed by atoms with E-state index in [1.807, 2.05) is 47.4 Å². The van der Waals surface area contributed by atoms with E-state index in [-0.39, 0.29) is 0 Å². The van der Waals surface area contributed by atoms with Crippen molar-refractivity contribution in [3.8, 4) is 17.2 Å². The van der Waals surface area contributed by atoms with Crippen molar-refractivity contribution in [2.75, 3.05) is 20.8 Å². The van der Waals surface area contributed by atoms with E-state index in [0.29, 0.717) is 36.8 Å². The second kappa shape index (κ2) is 9.46. The molecule has 150 valence electrons. The molecule has 1 fully saturated rings. The fourth-order valence-electron chi connectivity index (χ4n) is 3.59. The highest BCUT2D eigenvalue weighted by atomic mass is 16.5. The number of carbonyl (C=O) groups is 1. The number of methoxy groups -OCH3 is 2. The lowest BCUT2D eigenvalue weighted by molar-refractivity contribution is -0.144. The first-order valence-electron chi connectivity index (χ1n) is 9.51. The molecule has 0 bridgehead atoms. The van der Waals surface area contributed by atoms with Crippen LogP contribution in [0.2, 0.25) is 0 Å². The molecule has 1 saturated heterocycles. The summed E-state index contributed by atoms with van der Waals surface area (Å²) in [6.45, 7) is 1.70. The molecule has 6 heteroatoms. The highest BCUT2D eigenvalue weighted by molar-refractivity contribution is 5.73. The first-order valence-corrected chi connectivity index (χ1v) is 9.51. The Hall–Kier alpha value is -2.73. The minimum atomic E-state index is -0.763. The summed E-state index contributed by atoms with van der Waals surface area (Å²) in [6.07, 6.45) is 2.64. The number of piperidine rings is 1. The molecule has 28 heavy (non-hydrogen) atoms. The molecule has 1 aliphatic heterocycles. The highest BCUT2D eigenvalue weighted by Gasteiger charge is 2.28. The number of benzene rings is 2. The molecule has 1 aliphatic rings. The minimum absolute atomic E-state index is 0.403. The molecule has 0 aromatic heterocycles. The van der Waals surface area contributed by atoms with Crippen molar-refractivity contribution in [1.29, 1.82) is 0 Å². The van der Waals surface area contributed by atoms with Gasteiger partial charge in [-0.25, -0.2) is 0 Å². The second-order valence-corrected chi connectivity index (χ2v) is 6.92. The maximum atomic E-state index is 11.6. The van der Waals surface area contributed by atoms with E-state index in [1.54, 1.807) is 14.2 Å². The van der Waals surface area contributed by atoms with Crippen molar-refractivity contribution in [1.82, 2.24) is 4.90 Å². The van der Waals surface area contributed by atoms with Crippen LogP contribution in [-0.2, 0) is 17.9 Å². The van der Waals surface area contributed by atoms with Gasteiger partial charge in [0.1, 0.15) is 12.6 Å². The molecule has 1 atom stereocenters. The van der Waals surface area contributed by atoms with Gasteiger partial charge in [-0.2, -0.15) is 0 Å². The summed E-state index contributed by atoms with van der Waals surface area (Å²) in [4.78, 5) is 13.6. The van der Waals surface area contributed by atoms with Gasteiger partial charge in [0.05, 0.1) is 14.2 Å². The summed E-state index contributed by atoms with van der Waals surface area (Å²) >= 11 is 0. The van der Waals surface area contributed by atoms with Crippen molar-refractivity contribution in [2.45, 2.75) is 38.5 Å². The van der Waals surface area contributed by atoms with Crippen molar-refractivity contribution in [2.24, 2.45) is 0 Å².